The molecule has 6 heteroatoms. The number of nitrogens with two attached hydrogens (primary N) is 1. The van der Waals surface area contributed by atoms with Crippen LogP contribution in [0.5, 0.6) is 0 Å². The highest BCUT2D eigenvalue weighted by Crippen LogP contribution is 2.32. The van der Waals surface area contributed by atoms with Crippen molar-refractivity contribution >= 4 is 17.3 Å². The first-order valence-corrected chi connectivity index (χ1v) is 7.16. The lowest BCUT2D eigenvalue weighted by Gasteiger charge is -2.41. The number of benzene rings is 1. The molecule has 1 fully saturated rings. The second-order valence-corrected chi connectivity index (χ2v) is 6.02. The van der Waals surface area contributed by atoms with E-state index in [9.17, 15) is 14.9 Å². The normalized spacial score (nSPS) is 25.7. The number of piperidine rings is 1. The molecule has 6 nitrogen and oxygen atoms in total. The Morgan fingerprint density at radius 2 is 2.05 bits per heavy atom. The van der Waals surface area contributed by atoms with Crippen LogP contribution in [0, 0.1) is 22.0 Å². The van der Waals surface area contributed by atoms with E-state index in [-0.39, 0.29) is 28.9 Å². The molecule has 3 atom stereocenters. The maximum atomic E-state index is 12.7. The zero-order chi connectivity index (χ0) is 15.7. The molecule has 0 saturated carbocycles. The molecule has 1 heterocycles. The summed E-state index contributed by atoms with van der Waals surface area (Å²) in [6.07, 6.45) is 1.06. The quantitative estimate of drug-likeness (QED) is 0.515. The first kappa shape index (κ1) is 15.3. The van der Waals surface area contributed by atoms with Gasteiger partial charge in [0.05, 0.1) is 4.92 Å². The highest BCUT2D eigenvalue weighted by molar-refractivity contribution is 6.00. The Morgan fingerprint density at radius 1 is 1.38 bits per heavy atom. The molecule has 1 aromatic rings. The number of amides is 1. The second-order valence-electron chi connectivity index (χ2n) is 6.02. The molecule has 0 bridgehead atoms. The number of para-hydroxylation sites is 1. The first-order chi connectivity index (χ1) is 9.82. The van der Waals surface area contributed by atoms with Crippen LogP contribution in [0.4, 0.5) is 11.4 Å². The molecule has 2 N–H and O–H groups in total. The van der Waals surface area contributed by atoms with Gasteiger partial charge in [0.15, 0.2) is 0 Å². The molecule has 2 rings (SSSR count). The Labute approximate surface area is 124 Å². The van der Waals surface area contributed by atoms with Gasteiger partial charge in [-0.2, -0.15) is 0 Å². The van der Waals surface area contributed by atoms with E-state index >= 15 is 0 Å². The smallest absolute Gasteiger partial charge is 0.304 e. The fraction of sp³-hybridized carbons (Fsp3) is 0.533. The summed E-state index contributed by atoms with van der Waals surface area (Å²) in [5.74, 6) is 0.456. The summed E-state index contributed by atoms with van der Waals surface area (Å²) < 4.78 is 0. The number of carbonyl (C=O) groups excluding carboxylic acids is 1. The van der Waals surface area contributed by atoms with Gasteiger partial charge in [-0.15, -0.1) is 0 Å². The summed E-state index contributed by atoms with van der Waals surface area (Å²) >= 11 is 0. The highest BCUT2D eigenvalue weighted by atomic mass is 16.6. The molecule has 1 aromatic carbocycles. The number of hydrogen-bond donors (Lipinski definition) is 1. The molecule has 21 heavy (non-hydrogen) atoms. The van der Waals surface area contributed by atoms with Gasteiger partial charge in [-0.3, -0.25) is 14.9 Å². The second kappa shape index (κ2) is 5.71. The third-order valence-electron chi connectivity index (χ3n) is 4.34. The van der Waals surface area contributed by atoms with Gasteiger partial charge in [-0.1, -0.05) is 19.9 Å². The molecule has 1 amide bonds. The van der Waals surface area contributed by atoms with Gasteiger partial charge >= 0.3 is 5.69 Å². The molecule has 0 aromatic heterocycles. The number of rotatable bonds is 2. The number of hydrogen-bond acceptors (Lipinski definition) is 4. The Morgan fingerprint density at radius 3 is 2.67 bits per heavy atom. The van der Waals surface area contributed by atoms with Crippen LogP contribution in [0.2, 0.25) is 0 Å². The van der Waals surface area contributed by atoms with E-state index in [2.05, 4.69) is 13.8 Å². The fourth-order valence-electron chi connectivity index (χ4n) is 3.08. The van der Waals surface area contributed by atoms with Gasteiger partial charge in [0.1, 0.15) is 11.3 Å². The number of nitro benzene ring substituents is 1. The first-order valence-electron chi connectivity index (χ1n) is 7.16. The summed E-state index contributed by atoms with van der Waals surface area (Å²) in [6, 6.07) is 4.57. The van der Waals surface area contributed by atoms with Gasteiger partial charge in [-0.25, -0.2) is 0 Å². The minimum absolute atomic E-state index is 0.0246. The van der Waals surface area contributed by atoms with E-state index in [0.29, 0.717) is 18.4 Å². The van der Waals surface area contributed by atoms with Crippen molar-refractivity contribution in [3.8, 4) is 0 Å². The molecule has 0 radical (unpaired) electrons. The van der Waals surface area contributed by atoms with Crippen LogP contribution in [0.1, 0.15) is 37.6 Å². The van der Waals surface area contributed by atoms with Crippen LogP contribution in [0.3, 0.4) is 0 Å². The van der Waals surface area contributed by atoms with Crippen molar-refractivity contribution in [2.45, 2.75) is 33.2 Å². The van der Waals surface area contributed by atoms with E-state index in [4.69, 9.17) is 5.73 Å². The molecule has 114 valence electrons. The Bertz CT molecular complexity index is 573. The molecule has 1 aliphatic heterocycles. The van der Waals surface area contributed by atoms with Crippen molar-refractivity contribution in [1.29, 1.82) is 0 Å². The van der Waals surface area contributed by atoms with Gasteiger partial charge in [-0.05, 0) is 37.3 Å². The van der Waals surface area contributed by atoms with E-state index in [1.165, 1.54) is 12.1 Å². The largest absolute Gasteiger partial charge is 0.393 e. The Balaban J connectivity index is 2.40. The van der Waals surface area contributed by atoms with Gasteiger partial charge in [0.2, 0.25) is 0 Å². The van der Waals surface area contributed by atoms with E-state index in [0.717, 1.165) is 6.42 Å². The van der Waals surface area contributed by atoms with Crippen LogP contribution >= 0.6 is 0 Å². The fourth-order valence-corrected chi connectivity index (χ4v) is 3.08. The zero-order valence-electron chi connectivity index (χ0n) is 12.6. The van der Waals surface area contributed by atoms with E-state index in [1.807, 2.05) is 6.92 Å². The molecule has 3 unspecified atom stereocenters. The number of nitrogen functional groups attached to an aromatic ring is 1. The molecular formula is C15H21N3O3. The average Bonchev–Trinajstić information content (AvgIpc) is 2.41. The number of carbonyl (C=O) groups is 1. The lowest BCUT2D eigenvalue weighted by Crippen LogP contribution is -2.49. The number of anilines is 1. The molecule has 1 aliphatic rings. The van der Waals surface area contributed by atoms with Gasteiger partial charge in [0, 0.05) is 12.6 Å². The maximum Gasteiger partial charge on any atom is 0.304 e. The molecule has 0 spiro atoms. The van der Waals surface area contributed by atoms with Gasteiger partial charge in [0.25, 0.3) is 5.91 Å². The van der Waals surface area contributed by atoms with Crippen molar-refractivity contribution in [3.63, 3.8) is 0 Å². The van der Waals surface area contributed by atoms with Crippen molar-refractivity contribution in [3.05, 3.63) is 33.9 Å². The molecule has 0 aliphatic carbocycles. The standard InChI is InChI=1S/C15H21N3O3/c1-9-7-10(2)11(3)17(8-9)15(19)12-5-4-6-13(16)14(12)18(20)21/h4-6,9-11H,7-8,16H2,1-3H3. The third kappa shape index (κ3) is 2.84. The monoisotopic (exact) mass is 291 g/mol. The predicted octanol–water partition coefficient (Wildman–Crippen LogP) is 2.68. The predicted molar refractivity (Wildman–Crippen MR) is 81.0 cm³/mol. The van der Waals surface area contributed by atoms with E-state index < -0.39 is 4.92 Å². The topological polar surface area (TPSA) is 89.5 Å². The summed E-state index contributed by atoms with van der Waals surface area (Å²) in [5, 5.41) is 11.2. The lowest BCUT2D eigenvalue weighted by atomic mass is 9.85. The van der Waals surface area contributed by atoms with E-state index in [1.54, 1.807) is 11.0 Å². The van der Waals surface area contributed by atoms with Crippen LogP contribution in [0.25, 0.3) is 0 Å². The van der Waals surface area contributed by atoms with Gasteiger partial charge < -0.3 is 10.6 Å². The number of nitrogens with zero attached hydrogens (tertiary/aromatic N) is 2. The van der Waals surface area contributed by atoms with Crippen molar-refractivity contribution < 1.29 is 9.72 Å². The van der Waals surface area contributed by atoms with Crippen LogP contribution in [-0.4, -0.2) is 28.3 Å². The maximum absolute atomic E-state index is 12.7. The number of nitro groups is 1. The van der Waals surface area contributed by atoms with Crippen LogP contribution in [-0.2, 0) is 0 Å². The third-order valence-corrected chi connectivity index (χ3v) is 4.34. The summed E-state index contributed by atoms with van der Waals surface area (Å²) in [4.78, 5) is 25.1. The molecule has 1 saturated heterocycles. The minimum atomic E-state index is -0.579. The SMILES string of the molecule is CC1CC(C)C(C)N(C(=O)c2cccc(N)c2[N+](=O)[O-])C1. The summed E-state index contributed by atoms with van der Waals surface area (Å²) in [6.45, 7) is 6.81. The summed E-state index contributed by atoms with van der Waals surface area (Å²) in [5.41, 5.74) is 5.48. The summed E-state index contributed by atoms with van der Waals surface area (Å²) in [7, 11) is 0. The highest BCUT2D eigenvalue weighted by Gasteiger charge is 2.35. The zero-order valence-corrected chi connectivity index (χ0v) is 12.6. The Hall–Kier alpha value is -2.11. The van der Waals surface area contributed by atoms with Crippen molar-refractivity contribution in [2.24, 2.45) is 11.8 Å². The van der Waals surface area contributed by atoms with Crippen molar-refractivity contribution in [2.75, 3.05) is 12.3 Å². The average molecular weight is 291 g/mol. The van der Waals surface area contributed by atoms with Crippen LogP contribution in [0.15, 0.2) is 18.2 Å². The van der Waals surface area contributed by atoms with Crippen molar-refractivity contribution in [1.82, 2.24) is 4.90 Å². The molecular weight excluding hydrogens is 270 g/mol. The van der Waals surface area contributed by atoms with Crippen LogP contribution < -0.4 is 5.73 Å². The minimum Gasteiger partial charge on any atom is -0.393 e. The lowest BCUT2D eigenvalue weighted by molar-refractivity contribution is -0.384. The number of likely N-dealkylation sites (tertiary alicyclic amines) is 1. The Kier molecular flexibility index (Phi) is 4.16.